The third kappa shape index (κ3) is 3.76. The Bertz CT molecular complexity index is 341. The van der Waals surface area contributed by atoms with E-state index >= 15 is 0 Å². The van der Waals surface area contributed by atoms with Gasteiger partial charge in [0.25, 0.3) is 0 Å². The molecule has 1 nitrogen and oxygen atoms in total. The minimum Gasteiger partial charge on any atom is -0.313 e. The van der Waals surface area contributed by atoms with E-state index < -0.39 is 0 Å². The molecule has 0 radical (unpaired) electrons. The SMILES string of the molecule is CC(C)(CCc1sccc1Cl)CNC1CC1. The average Bonchev–Trinajstić information content (AvgIpc) is 2.97. The van der Waals surface area contributed by atoms with Crippen LogP contribution in [0.3, 0.4) is 0 Å². The van der Waals surface area contributed by atoms with Gasteiger partial charge in [0.2, 0.25) is 0 Å². The number of halogens is 1. The first kappa shape index (κ1) is 12.4. The van der Waals surface area contributed by atoms with Gasteiger partial charge in [-0.2, -0.15) is 0 Å². The molecule has 0 unspecified atom stereocenters. The molecule has 1 fully saturated rings. The van der Waals surface area contributed by atoms with Gasteiger partial charge in [0.05, 0.1) is 5.02 Å². The van der Waals surface area contributed by atoms with Crippen molar-refractivity contribution in [1.82, 2.24) is 5.32 Å². The number of hydrogen-bond donors (Lipinski definition) is 1. The molecule has 1 aromatic rings. The number of aryl methyl sites for hydroxylation is 1. The fourth-order valence-electron chi connectivity index (χ4n) is 1.75. The highest BCUT2D eigenvalue weighted by molar-refractivity contribution is 7.10. The lowest BCUT2D eigenvalue weighted by molar-refractivity contribution is 0.314. The summed E-state index contributed by atoms with van der Waals surface area (Å²) in [5.41, 5.74) is 0.371. The van der Waals surface area contributed by atoms with Gasteiger partial charge in [0, 0.05) is 17.5 Å². The maximum Gasteiger partial charge on any atom is 0.0544 e. The first-order valence-corrected chi connectivity index (χ1v) is 7.28. The van der Waals surface area contributed by atoms with Crippen molar-refractivity contribution in [2.24, 2.45) is 5.41 Å². The second-order valence-corrected chi connectivity index (χ2v) is 6.92. The van der Waals surface area contributed by atoms with Gasteiger partial charge >= 0.3 is 0 Å². The van der Waals surface area contributed by atoms with E-state index in [1.54, 1.807) is 11.3 Å². The Morgan fingerprint density at radius 1 is 1.50 bits per heavy atom. The Labute approximate surface area is 107 Å². The van der Waals surface area contributed by atoms with Crippen LogP contribution in [0.5, 0.6) is 0 Å². The van der Waals surface area contributed by atoms with Crippen LogP contribution in [0.4, 0.5) is 0 Å². The fourth-order valence-corrected chi connectivity index (χ4v) is 2.89. The molecule has 1 aliphatic rings. The maximum atomic E-state index is 6.10. The van der Waals surface area contributed by atoms with Crippen molar-refractivity contribution >= 4 is 22.9 Å². The first-order chi connectivity index (χ1) is 7.57. The minimum absolute atomic E-state index is 0.371. The van der Waals surface area contributed by atoms with Gasteiger partial charge in [-0.05, 0) is 42.5 Å². The van der Waals surface area contributed by atoms with Crippen molar-refractivity contribution in [3.8, 4) is 0 Å². The Hall–Kier alpha value is -0.0500. The predicted octanol–water partition coefficient (Wildman–Crippen LogP) is 4.11. The summed E-state index contributed by atoms with van der Waals surface area (Å²) < 4.78 is 0. The molecule has 1 aliphatic carbocycles. The Morgan fingerprint density at radius 2 is 2.25 bits per heavy atom. The van der Waals surface area contributed by atoms with Crippen LogP contribution in [0.25, 0.3) is 0 Å². The Morgan fingerprint density at radius 3 is 2.81 bits per heavy atom. The van der Waals surface area contributed by atoms with Crippen molar-refractivity contribution < 1.29 is 0 Å². The molecule has 90 valence electrons. The zero-order chi connectivity index (χ0) is 11.6. The highest BCUT2D eigenvalue weighted by atomic mass is 35.5. The second kappa shape index (κ2) is 5.07. The van der Waals surface area contributed by atoms with Crippen LogP contribution >= 0.6 is 22.9 Å². The van der Waals surface area contributed by atoms with Crippen LogP contribution < -0.4 is 5.32 Å². The predicted molar refractivity (Wildman–Crippen MR) is 72.5 cm³/mol. The van der Waals surface area contributed by atoms with Crippen molar-refractivity contribution in [3.63, 3.8) is 0 Å². The van der Waals surface area contributed by atoms with E-state index in [0.717, 1.165) is 24.0 Å². The van der Waals surface area contributed by atoms with Crippen molar-refractivity contribution in [1.29, 1.82) is 0 Å². The molecule has 1 aromatic heterocycles. The van der Waals surface area contributed by atoms with Crippen LogP contribution in [0.1, 0.15) is 38.0 Å². The van der Waals surface area contributed by atoms with Gasteiger partial charge in [0.1, 0.15) is 0 Å². The molecule has 0 aromatic carbocycles. The molecular formula is C13H20ClNS. The van der Waals surface area contributed by atoms with Gasteiger partial charge in [-0.1, -0.05) is 25.4 Å². The molecule has 0 amide bonds. The monoisotopic (exact) mass is 257 g/mol. The van der Waals surface area contributed by atoms with Gasteiger partial charge in [-0.3, -0.25) is 0 Å². The number of hydrogen-bond acceptors (Lipinski definition) is 2. The molecule has 1 saturated carbocycles. The average molecular weight is 258 g/mol. The fraction of sp³-hybridized carbons (Fsp3) is 0.692. The standard InChI is InChI=1S/C13H20ClNS/c1-13(2,9-15-10-3-4-10)7-5-12-11(14)6-8-16-12/h6,8,10,15H,3-5,7,9H2,1-2H3. The lowest BCUT2D eigenvalue weighted by atomic mass is 9.87. The summed E-state index contributed by atoms with van der Waals surface area (Å²) in [7, 11) is 0. The first-order valence-electron chi connectivity index (χ1n) is 6.02. The van der Waals surface area contributed by atoms with Crippen molar-refractivity contribution in [2.45, 2.75) is 45.6 Å². The van der Waals surface area contributed by atoms with Crippen molar-refractivity contribution in [3.05, 3.63) is 21.3 Å². The molecule has 0 spiro atoms. The molecule has 1 N–H and O–H groups in total. The largest absolute Gasteiger partial charge is 0.313 e. The van der Waals surface area contributed by atoms with E-state index in [1.807, 2.05) is 6.07 Å². The summed E-state index contributed by atoms with van der Waals surface area (Å²) in [6, 6.07) is 2.81. The highest BCUT2D eigenvalue weighted by Crippen LogP contribution is 2.29. The smallest absolute Gasteiger partial charge is 0.0544 e. The Balaban J connectivity index is 1.76. The van der Waals surface area contributed by atoms with Gasteiger partial charge in [0.15, 0.2) is 0 Å². The molecular weight excluding hydrogens is 238 g/mol. The van der Waals surface area contributed by atoms with E-state index in [-0.39, 0.29) is 0 Å². The molecule has 16 heavy (non-hydrogen) atoms. The zero-order valence-electron chi connectivity index (χ0n) is 10.1. The lowest BCUT2D eigenvalue weighted by Gasteiger charge is -2.25. The second-order valence-electron chi connectivity index (χ2n) is 5.51. The third-order valence-electron chi connectivity index (χ3n) is 3.17. The van der Waals surface area contributed by atoms with Crippen LogP contribution in [-0.2, 0) is 6.42 Å². The van der Waals surface area contributed by atoms with E-state index in [9.17, 15) is 0 Å². The lowest BCUT2D eigenvalue weighted by Crippen LogP contribution is -2.31. The van der Waals surface area contributed by atoms with Crippen LogP contribution in [0.15, 0.2) is 11.4 Å². The summed E-state index contributed by atoms with van der Waals surface area (Å²) in [6.45, 7) is 5.80. The molecule has 1 heterocycles. The van der Waals surface area contributed by atoms with E-state index in [4.69, 9.17) is 11.6 Å². The van der Waals surface area contributed by atoms with Crippen LogP contribution in [0.2, 0.25) is 5.02 Å². The summed E-state index contributed by atoms with van der Waals surface area (Å²) in [6.07, 6.45) is 5.04. The summed E-state index contributed by atoms with van der Waals surface area (Å²) in [5, 5.41) is 6.63. The quantitative estimate of drug-likeness (QED) is 0.809. The van der Waals surface area contributed by atoms with E-state index in [1.165, 1.54) is 24.1 Å². The molecule has 2 rings (SSSR count). The minimum atomic E-state index is 0.371. The number of nitrogens with one attached hydrogen (secondary N) is 1. The number of thiophene rings is 1. The van der Waals surface area contributed by atoms with Gasteiger partial charge < -0.3 is 5.32 Å². The van der Waals surface area contributed by atoms with Gasteiger partial charge in [-0.15, -0.1) is 11.3 Å². The molecule has 0 atom stereocenters. The maximum absolute atomic E-state index is 6.10. The molecule has 0 saturated heterocycles. The molecule has 0 bridgehead atoms. The van der Waals surface area contributed by atoms with Crippen LogP contribution in [0, 0.1) is 5.41 Å². The number of rotatable bonds is 6. The van der Waals surface area contributed by atoms with Crippen LogP contribution in [-0.4, -0.2) is 12.6 Å². The third-order valence-corrected chi connectivity index (χ3v) is 4.61. The molecule has 0 aliphatic heterocycles. The zero-order valence-corrected chi connectivity index (χ0v) is 11.6. The summed E-state index contributed by atoms with van der Waals surface area (Å²) in [5.74, 6) is 0. The molecule has 3 heteroatoms. The van der Waals surface area contributed by atoms with E-state index in [0.29, 0.717) is 5.41 Å². The van der Waals surface area contributed by atoms with Gasteiger partial charge in [-0.25, -0.2) is 0 Å². The van der Waals surface area contributed by atoms with Crippen molar-refractivity contribution in [2.75, 3.05) is 6.54 Å². The van der Waals surface area contributed by atoms with E-state index in [2.05, 4.69) is 24.5 Å². The topological polar surface area (TPSA) is 12.0 Å². The Kier molecular flexibility index (Phi) is 3.93. The highest BCUT2D eigenvalue weighted by Gasteiger charge is 2.25. The normalized spacial score (nSPS) is 16.7. The summed E-state index contributed by atoms with van der Waals surface area (Å²) >= 11 is 7.88. The summed E-state index contributed by atoms with van der Waals surface area (Å²) in [4.78, 5) is 1.33.